The second kappa shape index (κ2) is 5.54. The molecule has 0 amide bonds. The smallest absolute Gasteiger partial charge is 0.135 e. The van der Waals surface area contributed by atoms with Crippen LogP contribution in [0.25, 0.3) is 11.0 Å². The van der Waals surface area contributed by atoms with Crippen LogP contribution in [0.3, 0.4) is 0 Å². The molecule has 0 aliphatic rings. The first-order valence-corrected chi connectivity index (χ1v) is 6.31. The minimum atomic E-state index is 0.559. The van der Waals surface area contributed by atoms with Gasteiger partial charge in [-0.05, 0) is 18.2 Å². The maximum absolute atomic E-state index is 5.45. The second-order valence-corrected chi connectivity index (χ2v) is 4.26. The number of fused-ring (bicyclic) bond motifs is 1. The lowest BCUT2D eigenvalue weighted by Gasteiger charge is -2.08. The molecular formula is C13H15N7. The van der Waals surface area contributed by atoms with Gasteiger partial charge in [-0.1, -0.05) is 0 Å². The van der Waals surface area contributed by atoms with Gasteiger partial charge < -0.3 is 21.4 Å². The lowest BCUT2D eigenvalue weighted by molar-refractivity contribution is 1.00. The fourth-order valence-corrected chi connectivity index (χ4v) is 1.88. The first-order valence-electron chi connectivity index (χ1n) is 6.31. The van der Waals surface area contributed by atoms with E-state index in [0.29, 0.717) is 13.1 Å². The molecule has 2 heterocycles. The Kier molecular flexibility index (Phi) is 3.42. The largest absolute Gasteiger partial charge is 0.369 e. The lowest BCUT2D eigenvalue weighted by atomic mass is 10.3. The molecule has 2 aromatic heterocycles. The van der Waals surface area contributed by atoms with Gasteiger partial charge in [0, 0.05) is 24.8 Å². The van der Waals surface area contributed by atoms with Crippen molar-refractivity contribution in [1.82, 2.24) is 19.9 Å². The predicted molar refractivity (Wildman–Crippen MR) is 79.0 cm³/mol. The summed E-state index contributed by atoms with van der Waals surface area (Å²) >= 11 is 0. The Morgan fingerprint density at radius 1 is 1.10 bits per heavy atom. The molecule has 0 unspecified atom stereocenters. The van der Waals surface area contributed by atoms with E-state index in [0.717, 1.165) is 28.4 Å². The summed E-state index contributed by atoms with van der Waals surface area (Å²) in [5, 5.41) is 6.35. The number of imidazole rings is 1. The molecule has 0 fully saturated rings. The lowest BCUT2D eigenvalue weighted by Crippen LogP contribution is -2.14. The van der Waals surface area contributed by atoms with Crippen LogP contribution in [0.5, 0.6) is 0 Å². The van der Waals surface area contributed by atoms with E-state index in [1.54, 1.807) is 6.33 Å². The Hall–Kier alpha value is -2.67. The molecule has 102 valence electrons. The van der Waals surface area contributed by atoms with Gasteiger partial charge in [0.15, 0.2) is 0 Å². The maximum atomic E-state index is 5.45. The van der Waals surface area contributed by atoms with Crippen LogP contribution in [0, 0.1) is 0 Å². The van der Waals surface area contributed by atoms with Crippen molar-refractivity contribution in [1.29, 1.82) is 0 Å². The molecule has 0 aliphatic heterocycles. The Labute approximate surface area is 115 Å². The van der Waals surface area contributed by atoms with Crippen molar-refractivity contribution in [2.24, 2.45) is 5.73 Å². The fraction of sp³-hybridized carbons (Fsp3) is 0.154. The summed E-state index contributed by atoms with van der Waals surface area (Å²) in [6.45, 7) is 1.24. The molecule has 7 nitrogen and oxygen atoms in total. The van der Waals surface area contributed by atoms with Crippen LogP contribution >= 0.6 is 0 Å². The number of nitrogens with one attached hydrogen (secondary N) is 3. The van der Waals surface area contributed by atoms with Crippen molar-refractivity contribution < 1.29 is 0 Å². The average molecular weight is 269 g/mol. The molecule has 0 bridgehead atoms. The van der Waals surface area contributed by atoms with E-state index in [1.807, 2.05) is 24.3 Å². The average Bonchev–Trinajstić information content (AvgIpc) is 2.93. The number of hydrogen-bond acceptors (Lipinski definition) is 6. The molecule has 0 saturated heterocycles. The quantitative estimate of drug-likeness (QED) is 0.559. The van der Waals surface area contributed by atoms with Crippen molar-refractivity contribution in [2.75, 3.05) is 23.7 Å². The monoisotopic (exact) mass is 269 g/mol. The van der Waals surface area contributed by atoms with E-state index in [2.05, 4.69) is 30.6 Å². The molecule has 3 rings (SSSR count). The SMILES string of the molecule is NCCNc1cc(Nc2ccc3nc[nH]c3c2)ncn1. The molecule has 3 aromatic rings. The third kappa shape index (κ3) is 2.67. The summed E-state index contributed by atoms with van der Waals surface area (Å²) in [4.78, 5) is 15.6. The molecule has 20 heavy (non-hydrogen) atoms. The number of hydrogen-bond donors (Lipinski definition) is 4. The Bertz CT molecular complexity index is 707. The minimum Gasteiger partial charge on any atom is -0.369 e. The topological polar surface area (TPSA) is 105 Å². The van der Waals surface area contributed by atoms with Gasteiger partial charge in [0.05, 0.1) is 17.4 Å². The number of aromatic nitrogens is 4. The third-order valence-electron chi connectivity index (χ3n) is 2.81. The number of nitrogens with zero attached hydrogens (tertiary/aromatic N) is 3. The van der Waals surface area contributed by atoms with Gasteiger partial charge in [0.2, 0.25) is 0 Å². The van der Waals surface area contributed by atoms with E-state index in [-0.39, 0.29) is 0 Å². The van der Waals surface area contributed by atoms with Crippen LogP contribution in [0.2, 0.25) is 0 Å². The number of rotatable bonds is 5. The van der Waals surface area contributed by atoms with Gasteiger partial charge in [0.25, 0.3) is 0 Å². The number of H-pyrrole nitrogens is 1. The zero-order chi connectivity index (χ0) is 13.8. The van der Waals surface area contributed by atoms with Crippen molar-refractivity contribution in [3.8, 4) is 0 Å². The highest BCUT2D eigenvalue weighted by Crippen LogP contribution is 2.19. The molecule has 0 saturated carbocycles. The van der Waals surface area contributed by atoms with Gasteiger partial charge in [0.1, 0.15) is 18.0 Å². The van der Waals surface area contributed by atoms with E-state index < -0.39 is 0 Å². The molecule has 0 aliphatic carbocycles. The molecule has 1 aromatic carbocycles. The third-order valence-corrected chi connectivity index (χ3v) is 2.81. The van der Waals surface area contributed by atoms with Gasteiger partial charge in [-0.15, -0.1) is 0 Å². The van der Waals surface area contributed by atoms with Crippen LogP contribution in [0.1, 0.15) is 0 Å². The van der Waals surface area contributed by atoms with Crippen LogP contribution in [-0.2, 0) is 0 Å². The van der Waals surface area contributed by atoms with Crippen molar-refractivity contribution in [3.05, 3.63) is 36.9 Å². The second-order valence-electron chi connectivity index (χ2n) is 4.26. The summed E-state index contributed by atoms with van der Waals surface area (Å²) in [7, 11) is 0. The molecule has 7 heteroatoms. The molecule has 0 radical (unpaired) electrons. The zero-order valence-corrected chi connectivity index (χ0v) is 10.8. The van der Waals surface area contributed by atoms with Gasteiger partial charge in [-0.3, -0.25) is 0 Å². The number of anilines is 3. The normalized spacial score (nSPS) is 10.7. The zero-order valence-electron chi connectivity index (χ0n) is 10.8. The standard InChI is InChI=1S/C13H15N7/c14-3-4-15-12-6-13(19-8-18-12)20-9-1-2-10-11(5-9)17-7-16-10/h1-2,5-8H,3-4,14H2,(H,16,17)(H2,15,18,19,20). The van der Waals surface area contributed by atoms with E-state index in [4.69, 9.17) is 5.73 Å². The highest BCUT2D eigenvalue weighted by Gasteiger charge is 2.01. The minimum absolute atomic E-state index is 0.559. The summed E-state index contributed by atoms with van der Waals surface area (Å²) < 4.78 is 0. The van der Waals surface area contributed by atoms with Crippen LogP contribution in [0.15, 0.2) is 36.9 Å². The van der Waals surface area contributed by atoms with Gasteiger partial charge >= 0.3 is 0 Å². The summed E-state index contributed by atoms with van der Waals surface area (Å²) in [6.07, 6.45) is 3.18. The number of aromatic amines is 1. The van der Waals surface area contributed by atoms with Gasteiger partial charge in [-0.2, -0.15) is 0 Å². The van der Waals surface area contributed by atoms with Gasteiger partial charge in [-0.25, -0.2) is 15.0 Å². The van der Waals surface area contributed by atoms with Crippen molar-refractivity contribution >= 4 is 28.4 Å². The highest BCUT2D eigenvalue weighted by molar-refractivity contribution is 5.79. The van der Waals surface area contributed by atoms with Crippen LogP contribution in [-0.4, -0.2) is 33.0 Å². The number of nitrogens with two attached hydrogens (primary N) is 1. The molecular weight excluding hydrogens is 254 g/mol. The molecule has 5 N–H and O–H groups in total. The summed E-state index contributed by atoms with van der Waals surface area (Å²) in [5.74, 6) is 1.47. The Morgan fingerprint density at radius 2 is 2.00 bits per heavy atom. The summed E-state index contributed by atoms with van der Waals surface area (Å²) in [5.41, 5.74) is 8.30. The van der Waals surface area contributed by atoms with E-state index >= 15 is 0 Å². The maximum Gasteiger partial charge on any atom is 0.135 e. The fourth-order valence-electron chi connectivity index (χ4n) is 1.88. The molecule has 0 atom stereocenters. The van der Waals surface area contributed by atoms with Crippen molar-refractivity contribution in [2.45, 2.75) is 0 Å². The first-order chi connectivity index (χ1) is 9.85. The van der Waals surface area contributed by atoms with Crippen LogP contribution in [0.4, 0.5) is 17.3 Å². The summed E-state index contributed by atoms with van der Waals surface area (Å²) in [6, 6.07) is 7.73. The first kappa shape index (κ1) is 12.4. The Morgan fingerprint density at radius 3 is 2.90 bits per heavy atom. The van der Waals surface area contributed by atoms with E-state index in [1.165, 1.54) is 6.33 Å². The van der Waals surface area contributed by atoms with Crippen LogP contribution < -0.4 is 16.4 Å². The van der Waals surface area contributed by atoms with E-state index in [9.17, 15) is 0 Å². The Balaban J connectivity index is 1.79. The number of benzene rings is 1. The van der Waals surface area contributed by atoms with Crippen molar-refractivity contribution in [3.63, 3.8) is 0 Å². The highest BCUT2D eigenvalue weighted by atomic mass is 15.1. The predicted octanol–water partition coefficient (Wildman–Crippen LogP) is 1.47. The molecule has 0 spiro atoms.